The van der Waals surface area contributed by atoms with Crippen molar-refractivity contribution in [2.45, 2.75) is 6.54 Å². The first-order chi connectivity index (χ1) is 8.58. The van der Waals surface area contributed by atoms with Crippen LogP contribution in [0.4, 0.5) is 0 Å². The Hall–Kier alpha value is -0.840. The highest BCUT2D eigenvalue weighted by Gasteiger charge is 2.16. The fourth-order valence-corrected chi connectivity index (χ4v) is 3.22. The zero-order valence-electron chi connectivity index (χ0n) is 9.69. The molecule has 0 fully saturated rings. The summed E-state index contributed by atoms with van der Waals surface area (Å²) in [4.78, 5) is 14.6. The number of thiophene rings is 1. The molecule has 2 aromatic rings. The number of halogens is 2. The van der Waals surface area contributed by atoms with Gasteiger partial charge in [0.25, 0.3) is 5.91 Å². The molecule has 0 N–H and O–H groups in total. The standard InChI is InChI=1S/C13H11BrClNOS/c1-16(8-9-2-4-10(15)5-3-9)13(17)12-11(14)6-7-18-12/h2-7H,8H2,1H3. The van der Waals surface area contributed by atoms with Crippen molar-refractivity contribution in [3.8, 4) is 0 Å². The number of amides is 1. The number of carbonyl (C=O) groups is 1. The highest BCUT2D eigenvalue weighted by molar-refractivity contribution is 9.10. The number of rotatable bonds is 3. The van der Waals surface area contributed by atoms with Crippen LogP contribution < -0.4 is 0 Å². The molecule has 0 saturated carbocycles. The molecule has 1 amide bonds. The molecule has 94 valence electrons. The van der Waals surface area contributed by atoms with Crippen molar-refractivity contribution in [1.82, 2.24) is 4.90 Å². The van der Waals surface area contributed by atoms with Crippen molar-refractivity contribution in [2.24, 2.45) is 0 Å². The fourth-order valence-electron chi connectivity index (χ4n) is 1.56. The van der Waals surface area contributed by atoms with E-state index in [0.29, 0.717) is 11.6 Å². The highest BCUT2D eigenvalue weighted by atomic mass is 79.9. The quantitative estimate of drug-likeness (QED) is 0.806. The first-order valence-corrected chi connectivity index (χ1v) is 7.36. The van der Waals surface area contributed by atoms with Gasteiger partial charge >= 0.3 is 0 Å². The van der Waals surface area contributed by atoms with Crippen LogP contribution in [0.25, 0.3) is 0 Å². The maximum Gasteiger partial charge on any atom is 0.265 e. The van der Waals surface area contributed by atoms with E-state index in [1.54, 1.807) is 11.9 Å². The number of hydrogen-bond donors (Lipinski definition) is 0. The van der Waals surface area contributed by atoms with Crippen molar-refractivity contribution in [2.75, 3.05) is 7.05 Å². The Kier molecular flexibility index (Phi) is 4.43. The van der Waals surface area contributed by atoms with E-state index in [1.807, 2.05) is 35.7 Å². The largest absolute Gasteiger partial charge is 0.337 e. The second kappa shape index (κ2) is 5.87. The van der Waals surface area contributed by atoms with Gasteiger partial charge in [0.1, 0.15) is 4.88 Å². The minimum Gasteiger partial charge on any atom is -0.337 e. The minimum absolute atomic E-state index is 0.0202. The van der Waals surface area contributed by atoms with Gasteiger partial charge < -0.3 is 4.90 Å². The Labute approximate surface area is 123 Å². The predicted octanol–water partition coefficient (Wildman–Crippen LogP) is 4.44. The normalized spacial score (nSPS) is 10.4. The average molecular weight is 345 g/mol. The van der Waals surface area contributed by atoms with Crippen molar-refractivity contribution < 1.29 is 4.79 Å². The third kappa shape index (κ3) is 3.13. The van der Waals surface area contributed by atoms with E-state index in [0.717, 1.165) is 14.9 Å². The van der Waals surface area contributed by atoms with Crippen LogP contribution in [0.2, 0.25) is 5.02 Å². The zero-order chi connectivity index (χ0) is 13.1. The summed E-state index contributed by atoms with van der Waals surface area (Å²) in [7, 11) is 1.79. The molecule has 0 bridgehead atoms. The minimum atomic E-state index is 0.0202. The van der Waals surface area contributed by atoms with Gasteiger partial charge in [-0.1, -0.05) is 23.7 Å². The van der Waals surface area contributed by atoms with Crippen LogP contribution in [-0.2, 0) is 6.54 Å². The van der Waals surface area contributed by atoms with Crippen molar-refractivity contribution in [3.63, 3.8) is 0 Å². The first kappa shape index (κ1) is 13.6. The molecule has 1 heterocycles. The van der Waals surface area contributed by atoms with Crippen LogP contribution in [-0.4, -0.2) is 17.9 Å². The lowest BCUT2D eigenvalue weighted by atomic mass is 10.2. The van der Waals surface area contributed by atoms with Gasteiger partial charge in [0, 0.05) is 23.1 Å². The third-order valence-electron chi connectivity index (χ3n) is 2.49. The lowest BCUT2D eigenvalue weighted by Gasteiger charge is -2.16. The molecular formula is C13H11BrClNOS. The van der Waals surface area contributed by atoms with Gasteiger partial charge in [-0.3, -0.25) is 4.79 Å². The van der Waals surface area contributed by atoms with Gasteiger partial charge in [-0.25, -0.2) is 0 Å². The lowest BCUT2D eigenvalue weighted by molar-refractivity contribution is 0.0789. The van der Waals surface area contributed by atoms with Gasteiger partial charge in [0.05, 0.1) is 0 Å². The van der Waals surface area contributed by atoms with E-state index in [9.17, 15) is 4.79 Å². The molecule has 18 heavy (non-hydrogen) atoms. The van der Waals surface area contributed by atoms with Gasteiger partial charge in [0.2, 0.25) is 0 Å². The average Bonchev–Trinajstić information content (AvgIpc) is 2.77. The summed E-state index contributed by atoms with van der Waals surface area (Å²) in [5.74, 6) is 0.0202. The van der Waals surface area contributed by atoms with Gasteiger partial charge in [-0.05, 0) is 45.1 Å². The Bertz CT molecular complexity index is 552. The lowest BCUT2D eigenvalue weighted by Crippen LogP contribution is -2.25. The number of carbonyl (C=O) groups excluding carboxylic acids is 1. The van der Waals surface area contributed by atoms with E-state index in [4.69, 9.17) is 11.6 Å². The molecule has 0 spiro atoms. The van der Waals surface area contributed by atoms with Crippen molar-refractivity contribution in [3.05, 3.63) is 55.6 Å². The SMILES string of the molecule is CN(Cc1ccc(Cl)cc1)C(=O)c1sccc1Br. The molecular weight excluding hydrogens is 334 g/mol. The summed E-state index contributed by atoms with van der Waals surface area (Å²) >= 11 is 10.6. The summed E-state index contributed by atoms with van der Waals surface area (Å²) in [5.41, 5.74) is 1.06. The van der Waals surface area contributed by atoms with Crippen LogP contribution in [0.3, 0.4) is 0 Å². The zero-order valence-corrected chi connectivity index (χ0v) is 12.8. The van der Waals surface area contributed by atoms with Crippen LogP contribution in [0.1, 0.15) is 15.2 Å². The molecule has 0 atom stereocenters. The Morgan fingerprint density at radius 1 is 1.33 bits per heavy atom. The molecule has 1 aromatic carbocycles. The number of benzene rings is 1. The van der Waals surface area contributed by atoms with E-state index in [-0.39, 0.29) is 5.91 Å². The predicted molar refractivity (Wildman–Crippen MR) is 79.3 cm³/mol. The van der Waals surface area contributed by atoms with Crippen LogP contribution in [0.15, 0.2) is 40.2 Å². The summed E-state index contributed by atoms with van der Waals surface area (Å²) in [5, 5.41) is 2.60. The Balaban J connectivity index is 2.08. The van der Waals surface area contributed by atoms with Crippen molar-refractivity contribution >= 4 is 44.8 Å². The van der Waals surface area contributed by atoms with E-state index >= 15 is 0 Å². The molecule has 0 unspecified atom stereocenters. The maximum absolute atomic E-state index is 12.2. The molecule has 5 heteroatoms. The topological polar surface area (TPSA) is 20.3 Å². The van der Waals surface area contributed by atoms with Crippen LogP contribution in [0.5, 0.6) is 0 Å². The maximum atomic E-state index is 12.2. The smallest absolute Gasteiger partial charge is 0.265 e. The molecule has 2 nitrogen and oxygen atoms in total. The van der Waals surface area contributed by atoms with E-state index in [2.05, 4.69) is 15.9 Å². The summed E-state index contributed by atoms with van der Waals surface area (Å²) in [6.07, 6.45) is 0. The van der Waals surface area contributed by atoms with E-state index < -0.39 is 0 Å². The number of nitrogens with zero attached hydrogens (tertiary/aromatic N) is 1. The molecule has 0 aliphatic carbocycles. The van der Waals surface area contributed by atoms with Gasteiger partial charge in [-0.2, -0.15) is 0 Å². The van der Waals surface area contributed by atoms with Gasteiger partial charge in [0.15, 0.2) is 0 Å². The van der Waals surface area contributed by atoms with Crippen LogP contribution >= 0.6 is 38.9 Å². The second-order valence-electron chi connectivity index (χ2n) is 3.89. The molecule has 0 saturated heterocycles. The highest BCUT2D eigenvalue weighted by Crippen LogP contribution is 2.24. The first-order valence-electron chi connectivity index (χ1n) is 5.31. The molecule has 2 rings (SSSR count). The summed E-state index contributed by atoms with van der Waals surface area (Å²) in [6, 6.07) is 9.39. The van der Waals surface area contributed by atoms with Gasteiger partial charge in [-0.15, -0.1) is 11.3 Å². The Morgan fingerprint density at radius 3 is 2.56 bits per heavy atom. The second-order valence-corrected chi connectivity index (χ2v) is 6.09. The van der Waals surface area contributed by atoms with E-state index in [1.165, 1.54) is 11.3 Å². The summed E-state index contributed by atoms with van der Waals surface area (Å²) in [6.45, 7) is 0.570. The Morgan fingerprint density at radius 2 is 2.00 bits per heavy atom. The monoisotopic (exact) mass is 343 g/mol. The molecule has 0 radical (unpaired) electrons. The van der Waals surface area contributed by atoms with Crippen molar-refractivity contribution in [1.29, 1.82) is 0 Å². The molecule has 0 aliphatic heterocycles. The molecule has 0 aliphatic rings. The number of hydrogen-bond acceptors (Lipinski definition) is 2. The van der Waals surface area contributed by atoms with Crippen LogP contribution in [0, 0.1) is 0 Å². The third-order valence-corrected chi connectivity index (χ3v) is 4.57. The molecule has 1 aromatic heterocycles. The summed E-state index contributed by atoms with van der Waals surface area (Å²) < 4.78 is 0.848. The fraction of sp³-hybridized carbons (Fsp3) is 0.154.